The number of hydrogen-bond donors (Lipinski definition) is 0. The van der Waals surface area contributed by atoms with Crippen LogP contribution in [-0.2, 0) is 28.6 Å². The molecule has 6 nitrogen and oxygen atoms in total. The summed E-state index contributed by atoms with van der Waals surface area (Å²) in [6, 6.07) is 0. The molecule has 0 rings (SSSR count). The zero-order valence-corrected chi connectivity index (χ0v) is 40.6. The molecule has 356 valence electrons. The molecular weight excluding hydrogens is 769 g/mol. The van der Waals surface area contributed by atoms with Gasteiger partial charge in [-0.25, -0.2) is 0 Å². The van der Waals surface area contributed by atoms with Crippen LogP contribution in [-0.4, -0.2) is 37.2 Å². The number of hydrogen-bond acceptors (Lipinski definition) is 6. The van der Waals surface area contributed by atoms with Crippen LogP contribution in [0.2, 0.25) is 0 Å². The van der Waals surface area contributed by atoms with Gasteiger partial charge < -0.3 is 14.2 Å². The van der Waals surface area contributed by atoms with E-state index in [-0.39, 0.29) is 31.1 Å². The number of unbranched alkanes of at least 4 members (excludes halogenated alkanes) is 24. The van der Waals surface area contributed by atoms with Crippen molar-refractivity contribution in [3.63, 3.8) is 0 Å². The van der Waals surface area contributed by atoms with E-state index in [0.717, 1.165) is 109 Å². The summed E-state index contributed by atoms with van der Waals surface area (Å²) in [5, 5.41) is 0. The Morgan fingerprint density at radius 2 is 0.694 bits per heavy atom. The minimum Gasteiger partial charge on any atom is -0.462 e. The molecule has 0 bridgehead atoms. The van der Waals surface area contributed by atoms with Crippen LogP contribution >= 0.6 is 0 Å². The zero-order chi connectivity index (χ0) is 45.1. The van der Waals surface area contributed by atoms with Crippen LogP contribution in [0.4, 0.5) is 0 Å². The topological polar surface area (TPSA) is 78.9 Å². The summed E-state index contributed by atoms with van der Waals surface area (Å²) >= 11 is 0. The average molecular weight is 865 g/mol. The number of ether oxygens (including phenoxy) is 3. The predicted octanol–water partition coefficient (Wildman–Crippen LogP) is 17.0. The number of esters is 3. The van der Waals surface area contributed by atoms with Crippen LogP contribution in [0, 0.1) is 0 Å². The van der Waals surface area contributed by atoms with Crippen LogP contribution in [0.15, 0.2) is 72.9 Å². The lowest BCUT2D eigenvalue weighted by Crippen LogP contribution is -2.30. The molecule has 0 aromatic carbocycles. The third-order valence-corrected chi connectivity index (χ3v) is 10.9. The third kappa shape index (κ3) is 47.9. The molecule has 62 heavy (non-hydrogen) atoms. The molecule has 0 aliphatic heterocycles. The summed E-state index contributed by atoms with van der Waals surface area (Å²) in [7, 11) is 0. The molecular formula is C56H96O6. The van der Waals surface area contributed by atoms with Gasteiger partial charge in [0.1, 0.15) is 13.2 Å². The maximum atomic E-state index is 12.8. The lowest BCUT2D eigenvalue weighted by atomic mass is 10.1. The van der Waals surface area contributed by atoms with Gasteiger partial charge in [0.25, 0.3) is 0 Å². The fourth-order valence-electron chi connectivity index (χ4n) is 7.02. The van der Waals surface area contributed by atoms with Crippen molar-refractivity contribution in [3.05, 3.63) is 72.9 Å². The fourth-order valence-corrected chi connectivity index (χ4v) is 7.02. The van der Waals surface area contributed by atoms with E-state index in [0.29, 0.717) is 19.3 Å². The third-order valence-electron chi connectivity index (χ3n) is 10.9. The maximum Gasteiger partial charge on any atom is 0.306 e. The van der Waals surface area contributed by atoms with Crippen molar-refractivity contribution in [3.8, 4) is 0 Å². The first-order valence-corrected chi connectivity index (χ1v) is 26.0. The molecule has 6 heteroatoms. The fraction of sp³-hybridized carbons (Fsp3) is 0.732. The summed E-state index contributed by atoms with van der Waals surface area (Å²) < 4.78 is 16.8. The highest BCUT2D eigenvalue weighted by molar-refractivity contribution is 5.71. The molecule has 0 N–H and O–H groups in total. The van der Waals surface area contributed by atoms with Gasteiger partial charge in [-0.05, 0) is 96.3 Å². The van der Waals surface area contributed by atoms with Crippen LogP contribution in [0.25, 0.3) is 0 Å². The van der Waals surface area contributed by atoms with Gasteiger partial charge in [0.15, 0.2) is 6.10 Å². The smallest absolute Gasteiger partial charge is 0.306 e. The van der Waals surface area contributed by atoms with E-state index in [2.05, 4.69) is 93.7 Å². The van der Waals surface area contributed by atoms with Gasteiger partial charge in [-0.1, -0.05) is 203 Å². The van der Waals surface area contributed by atoms with Crippen molar-refractivity contribution in [2.75, 3.05) is 13.2 Å². The van der Waals surface area contributed by atoms with Crippen LogP contribution < -0.4 is 0 Å². The molecule has 0 saturated carbocycles. The minimum absolute atomic E-state index is 0.0868. The van der Waals surface area contributed by atoms with Crippen molar-refractivity contribution < 1.29 is 28.6 Å². The highest BCUT2D eigenvalue weighted by Crippen LogP contribution is 2.14. The van der Waals surface area contributed by atoms with Crippen LogP contribution in [0.3, 0.4) is 0 Å². The molecule has 0 heterocycles. The molecule has 0 radical (unpaired) electrons. The molecule has 0 amide bonds. The van der Waals surface area contributed by atoms with E-state index < -0.39 is 6.10 Å². The van der Waals surface area contributed by atoms with Gasteiger partial charge in [-0.2, -0.15) is 0 Å². The van der Waals surface area contributed by atoms with Crippen molar-refractivity contribution in [1.29, 1.82) is 0 Å². The van der Waals surface area contributed by atoms with Crippen molar-refractivity contribution in [1.82, 2.24) is 0 Å². The Morgan fingerprint density at radius 1 is 0.355 bits per heavy atom. The molecule has 0 saturated heterocycles. The largest absolute Gasteiger partial charge is 0.462 e. The number of rotatable bonds is 46. The van der Waals surface area contributed by atoms with E-state index in [4.69, 9.17) is 14.2 Å². The highest BCUT2D eigenvalue weighted by Gasteiger charge is 2.19. The van der Waals surface area contributed by atoms with Crippen molar-refractivity contribution in [2.45, 2.75) is 252 Å². The summed E-state index contributed by atoms with van der Waals surface area (Å²) in [4.78, 5) is 37.9. The van der Waals surface area contributed by atoms with E-state index in [1.54, 1.807) is 0 Å². The second-order valence-corrected chi connectivity index (χ2v) is 17.1. The molecule has 0 aromatic heterocycles. The summed E-state index contributed by atoms with van der Waals surface area (Å²) in [5.41, 5.74) is 0. The number of carbonyl (C=O) groups excluding carboxylic acids is 3. The van der Waals surface area contributed by atoms with Crippen LogP contribution in [0.1, 0.15) is 245 Å². The van der Waals surface area contributed by atoms with Gasteiger partial charge in [0.2, 0.25) is 0 Å². The van der Waals surface area contributed by atoms with Gasteiger partial charge in [-0.15, -0.1) is 0 Å². The Morgan fingerprint density at radius 3 is 1.15 bits per heavy atom. The van der Waals surface area contributed by atoms with Crippen molar-refractivity contribution in [2.24, 2.45) is 0 Å². The number of carbonyl (C=O) groups is 3. The SMILES string of the molecule is CC/C=C\C/C=C\C/C=C\CCCCCCCCCCCC(=O)OCC(COC(=O)CCCCCC/C=C\CCCC)OC(=O)CCCCCCCC/C=C\C=C/CCCCC. The van der Waals surface area contributed by atoms with E-state index >= 15 is 0 Å². The van der Waals surface area contributed by atoms with Gasteiger partial charge in [0, 0.05) is 19.3 Å². The quantitative estimate of drug-likeness (QED) is 0.0199. The monoisotopic (exact) mass is 865 g/mol. The Labute approximate surface area is 382 Å². The Balaban J connectivity index is 4.36. The van der Waals surface area contributed by atoms with Gasteiger partial charge >= 0.3 is 17.9 Å². The summed E-state index contributed by atoms with van der Waals surface area (Å²) in [5.74, 6) is -0.917. The molecule has 0 fully saturated rings. The van der Waals surface area contributed by atoms with Crippen LogP contribution in [0.5, 0.6) is 0 Å². The van der Waals surface area contributed by atoms with Gasteiger partial charge in [-0.3, -0.25) is 14.4 Å². The molecule has 0 aromatic rings. The lowest BCUT2D eigenvalue weighted by molar-refractivity contribution is -0.167. The molecule has 0 spiro atoms. The summed E-state index contributed by atoms with van der Waals surface area (Å²) in [6.45, 7) is 6.43. The van der Waals surface area contributed by atoms with Gasteiger partial charge in [0.05, 0.1) is 0 Å². The van der Waals surface area contributed by atoms with E-state index in [1.807, 2.05) is 0 Å². The molecule has 0 aliphatic rings. The first-order valence-electron chi connectivity index (χ1n) is 26.0. The molecule has 1 unspecified atom stereocenters. The Hall–Kier alpha value is -3.15. The second-order valence-electron chi connectivity index (χ2n) is 17.1. The lowest BCUT2D eigenvalue weighted by Gasteiger charge is -2.18. The van der Waals surface area contributed by atoms with Crippen molar-refractivity contribution >= 4 is 17.9 Å². The maximum absolute atomic E-state index is 12.8. The summed E-state index contributed by atoms with van der Waals surface area (Å²) in [6.07, 6.45) is 63.1. The Bertz CT molecular complexity index is 1180. The average Bonchev–Trinajstić information content (AvgIpc) is 3.27. The first-order chi connectivity index (χ1) is 30.5. The second kappa shape index (κ2) is 50.5. The predicted molar refractivity (Wildman–Crippen MR) is 265 cm³/mol. The normalized spacial score (nSPS) is 12.6. The van der Waals surface area contributed by atoms with E-state index in [1.165, 1.54) is 96.3 Å². The Kier molecular flexibility index (Phi) is 47.9. The minimum atomic E-state index is -0.787. The number of allylic oxidation sites excluding steroid dienone is 12. The highest BCUT2D eigenvalue weighted by atomic mass is 16.6. The standard InChI is InChI=1S/C56H96O6/c1-4-7-10-13-16-19-22-24-26-27-28-29-31-32-34-37-40-43-46-49-55(58)61-52-53(51-60-54(57)48-45-42-39-36-21-18-15-12-9-6-3)62-56(59)50-47-44-41-38-35-33-30-25-23-20-17-14-11-8-5-2/h7,10,15-20,23-26,53H,4-6,8-9,11-14,21-22,27-52H2,1-3H3/b10-7-,18-15-,19-16-,20-17-,25-23-,26-24-. The zero-order valence-electron chi connectivity index (χ0n) is 40.6. The molecule has 0 aliphatic carbocycles. The van der Waals surface area contributed by atoms with E-state index in [9.17, 15) is 14.4 Å². The molecule has 1 atom stereocenters. The first kappa shape index (κ1) is 58.9.